The van der Waals surface area contributed by atoms with Crippen molar-refractivity contribution in [1.29, 1.82) is 0 Å². The minimum absolute atomic E-state index is 0.0678. The number of benzene rings is 3. The summed E-state index contributed by atoms with van der Waals surface area (Å²) in [5.74, 6) is -0.215. The van der Waals surface area contributed by atoms with E-state index in [0.717, 1.165) is 27.6 Å². The van der Waals surface area contributed by atoms with Crippen molar-refractivity contribution in [2.75, 3.05) is 0 Å². The molecule has 1 aliphatic rings. The highest BCUT2D eigenvalue weighted by Gasteiger charge is 2.60. The van der Waals surface area contributed by atoms with Crippen molar-refractivity contribution >= 4 is 42.4 Å². The zero-order chi connectivity index (χ0) is 19.6. The number of hydrogen-bond donors (Lipinski definition) is 1. The van der Waals surface area contributed by atoms with Crippen molar-refractivity contribution in [3.8, 4) is 0 Å². The highest BCUT2D eigenvalue weighted by atomic mass is 79.9. The Morgan fingerprint density at radius 1 is 0.893 bits per heavy atom. The summed E-state index contributed by atoms with van der Waals surface area (Å²) >= 11 is 6.86. The predicted octanol–water partition coefficient (Wildman–Crippen LogP) is 5.63. The number of hydrogen-bond acceptors (Lipinski definition) is 2. The molecule has 5 heteroatoms. The van der Waals surface area contributed by atoms with Crippen molar-refractivity contribution in [3.63, 3.8) is 0 Å². The molecule has 3 nitrogen and oxygen atoms in total. The molecule has 1 saturated carbocycles. The summed E-state index contributed by atoms with van der Waals surface area (Å²) < 4.78 is 1.59. The molecule has 3 aromatic rings. The van der Waals surface area contributed by atoms with Crippen molar-refractivity contribution in [2.24, 2.45) is 11.0 Å². The first-order valence-corrected chi connectivity index (χ1v) is 10.6. The number of hydrazone groups is 1. The van der Waals surface area contributed by atoms with Crippen LogP contribution in [0.1, 0.15) is 23.1 Å². The molecule has 140 valence electrons. The smallest absolute Gasteiger partial charge is 0.244 e. The van der Waals surface area contributed by atoms with Crippen molar-refractivity contribution in [1.82, 2.24) is 5.43 Å². The number of rotatable bonds is 5. The van der Waals surface area contributed by atoms with Gasteiger partial charge in [0.2, 0.25) is 5.91 Å². The van der Waals surface area contributed by atoms with E-state index in [0.29, 0.717) is 4.62 Å². The Morgan fingerprint density at radius 2 is 1.43 bits per heavy atom. The molecular formula is C23H18Br2N2O. The normalized spacial score (nSPS) is 17.8. The van der Waals surface area contributed by atoms with Crippen LogP contribution in [0.15, 0.2) is 94.5 Å². The Bertz CT molecular complexity index is 962. The lowest BCUT2D eigenvalue weighted by atomic mass is 9.85. The summed E-state index contributed by atoms with van der Waals surface area (Å²) in [4.78, 5) is 12.9. The van der Waals surface area contributed by atoms with Gasteiger partial charge in [-0.3, -0.25) is 4.79 Å². The molecule has 0 bridgehead atoms. The Balaban J connectivity index is 1.56. The van der Waals surface area contributed by atoms with Gasteiger partial charge >= 0.3 is 0 Å². The molecule has 1 atom stereocenters. The van der Waals surface area contributed by atoms with Crippen LogP contribution in [0, 0.1) is 5.92 Å². The van der Waals surface area contributed by atoms with Crippen molar-refractivity contribution < 1.29 is 4.79 Å². The van der Waals surface area contributed by atoms with Gasteiger partial charge in [-0.2, -0.15) is 5.10 Å². The van der Waals surface area contributed by atoms with Crippen LogP contribution >= 0.6 is 31.9 Å². The van der Waals surface area contributed by atoms with Crippen molar-refractivity contribution in [3.05, 3.63) is 106 Å². The fourth-order valence-corrected chi connectivity index (χ4v) is 4.31. The SMILES string of the molecule is O=C(NN=C(Br)c1ccc(Br)cc1)[C@H]1CC1(c1ccccc1)c1ccccc1. The lowest BCUT2D eigenvalue weighted by molar-refractivity contribution is -0.122. The lowest BCUT2D eigenvalue weighted by Crippen LogP contribution is -2.26. The topological polar surface area (TPSA) is 41.5 Å². The van der Waals surface area contributed by atoms with E-state index in [-0.39, 0.29) is 17.2 Å². The average Bonchev–Trinajstić information content (AvgIpc) is 3.51. The van der Waals surface area contributed by atoms with Gasteiger partial charge in [-0.05, 0) is 45.6 Å². The molecule has 0 saturated heterocycles. The molecule has 1 fully saturated rings. The van der Waals surface area contributed by atoms with Gasteiger partial charge in [0.1, 0.15) is 4.62 Å². The summed E-state index contributed by atoms with van der Waals surface area (Å²) in [7, 11) is 0. The van der Waals surface area contributed by atoms with E-state index in [1.165, 1.54) is 0 Å². The van der Waals surface area contributed by atoms with Gasteiger partial charge in [0.25, 0.3) is 0 Å². The van der Waals surface area contributed by atoms with Gasteiger partial charge in [0.05, 0.1) is 5.92 Å². The largest absolute Gasteiger partial charge is 0.273 e. The number of nitrogens with zero attached hydrogens (tertiary/aromatic N) is 1. The Labute approximate surface area is 181 Å². The molecule has 1 N–H and O–H groups in total. The standard InChI is InChI=1S/C23H18Br2N2O/c24-19-13-11-16(12-14-19)21(25)26-27-22(28)20-15-23(20,17-7-3-1-4-8-17)18-9-5-2-6-10-18/h1-14,20H,15H2,(H,27,28)/t20-/m1/s1. The molecule has 0 aromatic heterocycles. The summed E-state index contributed by atoms with van der Waals surface area (Å²) in [5.41, 5.74) is 5.68. The fraction of sp³-hybridized carbons (Fsp3) is 0.130. The Hall–Kier alpha value is -2.24. The molecule has 4 rings (SSSR count). The zero-order valence-corrected chi connectivity index (χ0v) is 18.2. The van der Waals surface area contributed by atoms with Crippen LogP contribution in [-0.4, -0.2) is 10.5 Å². The van der Waals surface area contributed by atoms with E-state index in [9.17, 15) is 4.79 Å². The van der Waals surface area contributed by atoms with Crippen LogP contribution in [0.25, 0.3) is 0 Å². The number of carbonyl (C=O) groups excluding carboxylic acids is 1. The maximum atomic E-state index is 12.9. The molecule has 0 radical (unpaired) electrons. The summed E-state index contributed by atoms with van der Waals surface area (Å²) in [6.07, 6.45) is 0.776. The van der Waals surface area contributed by atoms with Gasteiger partial charge in [-0.15, -0.1) is 0 Å². The van der Waals surface area contributed by atoms with E-state index in [4.69, 9.17) is 0 Å². The number of amides is 1. The predicted molar refractivity (Wildman–Crippen MR) is 120 cm³/mol. The molecule has 28 heavy (non-hydrogen) atoms. The first-order valence-electron chi connectivity index (χ1n) is 9.01. The molecule has 0 aliphatic heterocycles. The third-order valence-electron chi connectivity index (χ3n) is 5.20. The second-order valence-corrected chi connectivity index (χ2v) is 8.51. The highest BCUT2D eigenvalue weighted by molar-refractivity contribution is 9.18. The van der Waals surface area contributed by atoms with Crippen LogP contribution in [0.3, 0.4) is 0 Å². The molecule has 1 aliphatic carbocycles. The van der Waals surface area contributed by atoms with E-state index in [2.05, 4.69) is 66.7 Å². The monoisotopic (exact) mass is 496 g/mol. The van der Waals surface area contributed by atoms with Gasteiger partial charge in [0, 0.05) is 15.5 Å². The van der Waals surface area contributed by atoms with Gasteiger partial charge in [-0.1, -0.05) is 88.7 Å². The number of nitrogens with one attached hydrogen (secondary N) is 1. The minimum atomic E-state index is -0.286. The van der Waals surface area contributed by atoms with Crippen LogP contribution in [0.4, 0.5) is 0 Å². The third-order valence-corrected chi connectivity index (χ3v) is 6.37. The van der Waals surface area contributed by atoms with Gasteiger partial charge in [0.15, 0.2) is 0 Å². The molecule has 1 amide bonds. The van der Waals surface area contributed by atoms with Crippen LogP contribution < -0.4 is 5.43 Å². The first kappa shape index (κ1) is 19.1. The number of carbonyl (C=O) groups is 1. The second-order valence-electron chi connectivity index (χ2n) is 6.85. The molecular weight excluding hydrogens is 480 g/mol. The fourth-order valence-electron chi connectivity index (χ4n) is 3.69. The van der Waals surface area contributed by atoms with Crippen molar-refractivity contribution in [2.45, 2.75) is 11.8 Å². The van der Waals surface area contributed by atoms with E-state index >= 15 is 0 Å². The molecule has 0 heterocycles. The second kappa shape index (κ2) is 8.02. The molecule has 0 unspecified atom stereocenters. The van der Waals surface area contributed by atoms with Gasteiger partial charge < -0.3 is 0 Å². The molecule has 3 aromatic carbocycles. The number of halogens is 2. The quantitative estimate of drug-likeness (QED) is 0.360. The summed E-state index contributed by atoms with van der Waals surface area (Å²) in [5, 5.41) is 4.26. The maximum absolute atomic E-state index is 12.9. The van der Waals surface area contributed by atoms with Crippen LogP contribution in [0.5, 0.6) is 0 Å². The highest BCUT2D eigenvalue weighted by Crippen LogP contribution is 2.58. The minimum Gasteiger partial charge on any atom is -0.273 e. The summed E-state index contributed by atoms with van der Waals surface area (Å²) in [6, 6.07) is 28.2. The Kier molecular flexibility index (Phi) is 5.47. The van der Waals surface area contributed by atoms with E-state index in [1.54, 1.807) is 0 Å². The maximum Gasteiger partial charge on any atom is 0.244 e. The third kappa shape index (κ3) is 3.69. The van der Waals surface area contributed by atoms with E-state index < -0.39 is 0 Å². The van der Waals surface area contributed by atoms with Crippen LogP contribution in [0.2, 0.25) is 0 Å². The zero-order valence-electron chi connectivity index (χ0n) is 15.0. The first-order chi connectivity index (χ1) is 13.6. The van der Waals surface area contributed by atoms with Crippen LogP contribution in [-0.2, 0) is 10.2 Å². The lowest BCUT2D eigenvalue weighted by Gasteiger charge is -2.18. The average molecular weight is 498 g/mol. The summed E-state index contributed by atoms with van der Waals surface area (Å²) in [6.45, 7) is 0. The Morgan fingerprint density at radius 3 is 1.96 bits per heavy atom. The molecule has 0 spiro atoms. The van der Waals surface area contributed by atoms with E-state index in [1.807, 2.05) is 60.7 Å². The van der Waals surface area contributed by atoms with Gasteiger partial charge in [-0.25, -0.2) is 5.43 Å².